The van der Waals surface area contributed by atoms with Gasteiger partial charge in [0.25, 0.3) is 0 Å². The van der Waals surface area contributed by atoms with Crippen molar-refractivity contribution < 1.29 is 43.7 Å². The fourth-order valence-corrected chi connectivity index (χ4v) is 5.25. The van der Waals surface area contributed by atoms with E-state index in [-0.39, 0.29) is 43.3 Å². The van der Waals surface area contributed by atoms with Gasteiger partial charge in [0.1, 0.15) is 0 Å². The molecule has 11 nitrogen and oxygen atoms in total. The van der Waals surface area contributed by atoms with E-state index in [9.17, 15) is 10.2 Å². The highest BCUT2D eigenvalue weighted by atomic mass is 16.6. The van der Waals surface area contributed by atoms with Crippen molar-refractivity contribution in [1.29, 1.82) is 0 Å². The van der Waals surface area contributed by atoms with Crippen LogP contribution < -0.4 is 10.6 Å². The molecule has 1 aromatic rings. The Kier molecular flexibility index (Phi) is 17.8. The van der Waals surface area contributed by atoms with Crippen LogP contribution in [0.3, 0.4) is 0 Å². The second kappa shape index (κ2) is 20.4. The Morgan fingerprint density at radius 2 is 1.33 bits per heavy atom. The fraction of sp³-hybridized carbons (Fsp3) is 0.806. The van der Waals surface area contributed by atoms with Crippen LogP contribution in [-0.4, -0.2) is 126 Å². The number of anilines is 2. The lowest BCUT2D eigenvalue weighted by Crippen LogP contribution is -2.52. The SMILES string of the molecule is CC(C)c1cc2c(cc1N)C(CO)CC(C)(C)N2CC(CCO)OCCOCCOCCOCCOCCOCCO. The maximum Gasteiger partial charge on any atom is 0.0773 e. The van der Waals surface area contributed by atoms with Crippen LogP contribution in [0.5, 0.6) is 0 Å². The van der Waals surface area contributed by atoms with E-state index in [0.717, 1.165) is 28.9 Å². The molecule has 0 spiro atoms. The van der Waals surface area contributed by atoms with Crippen molar-refractivity contribution in [2.45, 2.75) is 64.0 Å². The predicted molar refractivity (Wildman–Crippen MR) is 163 cm³/mol. The van der Waals surface area contributed by atoms with E-state index in [0.29, 0.717) is 85.6 Å². The second-order valence-electron chi connectivity index (χ2n) is 11.5. The highest BCUT2D eigenvalue weighted by Crippen LogP contribution is 2.46. The molecule has 2 unspecified atom stereocenters. The summed E-state index contributed by atoms with van der Waals surface area (Å²) in [6.07, 6.45) is 1.14. The van der Waals surface area contributed by atoms with Gasteiger partial charge in [-0.2, -0.15) is 0 Å². The number of hydrogen-bond acceptors (Lipinski definition) is 11. The van der Waals surface area contributed by atoms with E-state index in [2.05, 4.69) is 38.7 Å². The molecule has 0 saturated carbocycles. The van der Waals surface area contributed by atoms with Crippen LogP contribution in [0.25, 0.3) is 0 Å². The highest BCUT2D eigenvalue weighted by Gasteiger charge is 2.39. The lowest BCUT2D eigenvalue weighted by atomic mass is 9.78. The summed E-state index contributed by atoms with van der Waals surface area (Å²) >= 11 is 0. The molecule has 0 aliphatic carbocycles. The van der Waals surface area contributed by atoms with Gasteiger partial charge in [0.2, 0.25) is 0 Å². The highest BCUT2D eigenvalue weighted by molar-refractivity contribution is 5.68. The number of nitrogens with zero attached hydrogens (tertiary/aromatic N) is 1. The number of nitrogens with two attached hydrogens (primary N) is 1. The Morgan fingerprint density at radius 1 is 0.810 bits per heavy atom. The molecule has 2 rings (SSSR count). The van der Waals surface area contributed by atoms with Crippen LogP contribution in [0.4, 0.5) is 11.4 Å². The molecule has 1 aliphatic rings. The number of fused-ring (bicyclic) bond motifs is 1. The molecule has 0 radical (unpaired) electrons. The molecule has 1 aromatic carbocycles. The number of aliphatic hydroxyl groups excluding tert-OH is 3. The first-order chi connectivity index (χ1) is 20.2. The Bertz CT molecular complexity index is 856. The smallest absolute Gasteiger partial charge is 0.0773 e. The average Bonchev–Trinajstić information content (AvgIpc) is 2.95. The van der Waals surface area contributed by atoms with Crippen molar-refractivity contribution in [2.75, 3.05) is 110 Å². The number of ether oxygens (including phenoxy) is 6. The standard InChI is InChI=1S/C31H56N2O9/c1-24(2)27-20-30-28(19-29(27)32)25(23-36)21-31(3,4)33(30)22-26(5-6-34)42-18-17-41-16-15-40-14-13-39-12-11-38-10-9-37-8-7-35/h19-20,24-26,34-36H,5-18,21-23,32H2,1-4H3. The molecule has 5 N–H and O–H groups in total. The van der Waals surface area contributed by atoms with Crippen molar-refractivity contribution in [2.24, 2.45) is 0 Å². The first-order valence-corrected chi connectivity index (χ1v) is 15.3. The van der Waals surface area contributed by atoms with Crippen LogP contribution in [0, 0.1) is 0 Å². The van der Waals surface area contributed by atoms with Crippen molar-refractivity contribution in [3.63, 3.8) is 0 Å². The molecule has 2 atom stereocenters. The van der Waals surface area contributed by atoms with Gasteiger partial charge >= 0.3 is 0 Å². The molecule has 244 valence electrons. The average molecular weight is 601 g/mol. The summed E-state index contributed by atoms with van der Waals surface area (Å²) in [5.74, 6) is 0.304. The first kappa shape index (κ1) is 36.7. The zero-order valence-corrected chi connectivity index (χ0v) is 26.2. The normalized spacial score (nSPS) is 17.1. The summed E-state index contributed by atoms with van der Waals surface area (Å²) < 4.78 is 33.3. The van der Waals surface area contributed by atoms with Crippen LogP contribution in [-0.2, 0) is 28.4 Å². The molecule has 11 heteroatoms. The van der Waals surface area contributed by atoms with Gasteiger partial charge in [0, 0.05) is 36.0 Å². The van der Waals surface area contributed by atoms with Crippen molar-refractivity contribution in [3.05, 3.63) is 23.3 Å². The van der Waals surface area contributed by atoms with Crippen molar-refractivity contribution >= 4 is 11.4 Å². The largest absolute Gasteiger partial charge is 0.398 e. The van der Waals surface area contributed by atoms with Crippen LogP contribution in [0.1, 0.15) is 63.5 Å². The van der Waals surface area contributed by atoms with Crippen LogP contribution in [0.15, 0.2) is 12.1 Å². The van der Waals surface area contributed by atoms with E-state index >= 15 is 0 Å². The summed E-state index contributed by atoms with van der Waals surface area (Å²) in [6, 6.07) is 4.21. The predicted octanol–water partition coefficient (Wildman–Crippen LogP) is 2.30. The Labute approximate surface area is 252 Å². The number of benzene rings is 1. The lowest BCUT2D eigenvalue weighted by Gasteiger charge is -2.49. The summed E-state index contributed by atoms with van der Waals surface area (Å²) in [7, 11) is 0. The molecule has 42 heavy (non-hydrogen) atoms. The van der Waals surface area contributed by atoms with Gasteiger partial charge in [-0.1, -0.05) is 13.8 Å². The Morgan fingerprint density at radius 3 is 1.81 bits per heavy atom. The van der Waals surface area contributed by atoms with E-state index in [1.54, 1.807) is 0 Å². The lowest BCUT2D eigenvalue weighted by molar-refractivity contribution is -0.0283. The van der Waals surface area contributed by atoms with Gasteiger partial charge in [-0.05, 0) is 55.9 Å². The van der Waals surface area contributed by atoms with Gasteiger partial charge in [-0.3, -0.25) is 0 Å². The monoisotopic (exact) mass is 600 g/mol. The molecule has 0 bridgehead atoms. The van der Waals surface area contributed by atoms with Gasteiger partial charge < -0.3 is 54.4 Å². The number of hydrogen-bond donors (Lipinski definition) is 4. The number of rotatable bonds is 24. The van der Waals surface area contributed by atoms with Gasteiger partial charge in [0.05, 0.1) is 92.0 Å². The molecule has 1 heterocycles. The molecule has 0 saturated heterocycles. The molecular formula is C31H56N2O9. The maximum absolute atomic E-state index is 10.1. The van der Waals surface area contributed by atoms with E-state index in [1.807, 2.05) is 6.07 Å². The van der Waals surface area contributed by atoms with Gasteiger partial charge in [0.15, 0.2) is 0 Å². The first-order valence-electron chi connectivity index (χ1n) is 15.3. The maximum atomic E-state index is 10.1. The second-order valence-corrected chi connectivity index (χ2v) is 11.5. The van der Waals surface area contributed by atoms with Crippen LogP contribution >= 0.6 is 0 Å². The minimum Gasteiger partial charge on any atom is -0.398 e. The van der Waals surface area contributed by atoms with E-state index in [4.69, 9.17) is 39.3 Å². The van der Waals surface area contributed by atoms with Crippen molar-refractivity contribution in [1.82, 2.24) is 0 Å². The third-order valence-corrected chi connectivity index (χ3v) is 7.42. The molecular weight excluding hydrogens is 544 g/mol. The molecule has 0 fully saturated rings. The minimum atomic E-state index is -0.206. The van der Waals surface area contributed by atoms with Gasteiger partial charge in [-0.25, -0.2) is 0 Å². The van der Waals surface area contributed by atoms with Gasteiger partial charge in [-0.15, -0.1) is 0 Å². The molecule has 0 aromatic heterocycles. The van der Waals surface area contributed by atoms with E-state index in [1.165, 1.54) is 0 Å². The zero-order valence-electron chi connectivity index (χ0n) is 26.2. The Balaban J connectivity index is 1.71. The van der Waals surface area contributed by atoms with Crippen molar-refractivity contribution in [3.8, 4) is 0 Å². The van der Waals surface area contributed by atoms with E-state index < -0.39 is 0 Å². The number of aliphatic hydroxyl groups is 3. The Hall–Kier alpha value is -1.54. The summed E-state index contributed by atoms with van der Waals surface area (Å²) in [6.45, 7) is 14.4. The quantitative estimate of drug-likeness (QED) is 0.102. The topological polar surface area (TPSA) is 145 Å². The number of nitrogen functional groups attached to an aromatic ring is 1. The zero-order chi connectivity index (χ0) is 30.8. The molecule has 0 amide bonds. The summed E-state index contributed by atoms with van der Waals surface area (Å²) in [4.78, 5) is 2.36. The fourth-order valence-electron chi connectivity index (χ4n) is 5.25. The summed E-state index contributed by atoms with van der Waals surface area (Å²) in [5, 5.41) is 28.5. The third-order valence-electron chi connectivity index (χ3n) is 7.42. The third kappa shape index (κ3) is 12.6. The van der Waals surface area contributed by atoms with Crippen LogP contribution in [0.2, 0.25) is 0 Å². The molecule has 1 aliphatic heterocycles. The minimum absolute atomic E-state index is 0.0179. The summed E-state index contributed by atoms with van der Waals surface area (Å²) in [5.41, 5.74) is 10.2.